The predicted octanol–water partition coefficient (Wildman–Crippen LogP) is 4.19. The fourth-order valence-corrected chi connectivity index (χ4v) is 1.84. The minimum atomic E-state index is -0.492. The van der Waals surface area contributed by atoms with Gasteiger partial charge in [-0.15, -0.1) is 11.6 Å². The summed E-state index contributed by atoms with van der Waals surface area (Å²) in [6.07, 6.45) is 0.614. The zero-order valence-electron chi connectivity index (χ0n) is 11.7. The number of Topliss-reactive ketones (excluding diaryl/α,β-unsaturated/α-hetero) is 1. The van der Waals surface area contributed by atoms with Gasteiger partial charge in [0.15, 0.2) is 5.78 Å². The van der Waals surface area contributed by atoms with E-state index in [1.54, 1.807) is 7.11 Å². The Kier molecular flexibility index (Phi) is 4.80. The van der Waals surface area contributed by atoms with Crippen LogP contribution in [-0.4, -0.2) is 18.3 Å². The molecule has 1 atom stereocenters. The summed E-state index contributed by atoms with van der Waals surface area (Å²) in [7, 11) is 1.57. The summed E-state index contributed by atoms with van der Waals surface area (Å²) in [5.41, 5.74) is 1.67. The summed E-state index contributed by atoms with van der Waals surface area (Å²) in [4.78, 5) is 12.2. The third-order valence-electron chi connectivity index (χ3n) is 2.97. The van der Waals surface area contributed by atoms with Crippen molar-refractivity contribution in [1.82, 2.24) is 0 Å². The highest BCUT2D eigenvalue weighted by Gasteiger charge is 2.22. The number of hydrogen-bond donors (Lipinski definition) is 0. The van der Waals surface area contributed by atoms with Gasteiger partial charge in [0.1, 0.15) is 5.75 Å². The van der Waals surface area contributed by atoms with Crippen molar-refractivity contribution in [3.63, 3.8) is 0 Å². The summed E-state index contributed by atoms with van der Waals surface area (Å²) in [6, 6.07) is 5.73. The van der Waals surface area contributed by atoms with Crippen LogP contribution >= 0.6 is 11.6 Å². The van der Waals surface area contributed by atoms with Crippen molar-refractivity contribution < 1.29 is 9.53 Å². The molecule has 100 valence electrons. The van der Waals surface area contributed by atoms with Crippen LogP contribution in [0.3, 0.4) is 0 Å². The van der Waals surface area contributed by atoms with Crippen LogP contribution in [0.5, 0.6) is 5.75 Å². The fraction of sp³-hybridized carbons (Fsp3) is 0.533. The highest BCUT2D eigenvalue weighted by Crippen LogP contribution is 2.29. The van der Waals surface area contributed by atoms with Crippen molar-refractivity contribution in [2.75, 3.05) is 7.11 Å². The van der Waals surface area contributed by atoms with Gasteiger partial charge in [-0.1, -0.05) is 33.8 Å². The van der Waals surface area contributed by atoms with E-state index in [1.807, 2.05) is 25.1 Å². The summed E-state index contributed by atoms with van der Waals surface area (Å²) in [5.74, 6) is 0.522. The van der Waals surface area contributed by atoms with Gasteiger partial charge < -0.3 is 4.74 Å². The summed E-state index contributed by atoms with van der Waals surface area (Å²) >= 11 is 6.04. The first kappa shape index (κ1) is 15.0. The number of alkyl halides is 1. The van der Waals surface area contributed by atoms with Crippen molar-refractivity contribution in [3.05, 3.63) is 29.3 Å². The normalized spacial score (nSPS) is 13.2. The molecule has 0 aliphatic heterocycles. The third kappa shape index (κ3) is 3.26. The molecule has 0 saturated carbocycles. The number of rotatable bonds is 4. The van der Waals surface area contributed by atoms with Gasteiger partial charge in [0.2, 0.25) is 0 Å². The molecule has 0 amide bonds. The van der Waals surface area contributed by atoms with Gasteiger partial charge >= 0.3 is 0 Å². The first-order valence-electron chi connectivity index (χ1n) is 6.18. The molecule has 18 heavy (non-hydrogen) atoms. The molecular formula is C15H21ClO2. The molecule has 1 aromatic rings. The second kappa shape index (κ2) is 5.75. The van der Waals surface area contributed by atoms with Gasteiger partial charge in [0.25, 0.3) is 0 Å². The average Bonchev–Trinajstić information content (AvgIpc) is 2.35. The van der Waals surface area contributed by atoms with Crippen LogP contribution in [0, 0.1) is 0 Å². The first-order chi connectivity index (χ1) is 8.31. The molecule has 3 heteroatoms. The number of halogens is 1. The largest absolute Gasteiger partial charge is 0.496 e. The smallest absolute Gasteiger partial charge is 0.184 e. The number of benzene rings is 1. The number of ether oxygens (including phenoxy) is 1. The third-order valence-corrected chi connectivity index (χ3v) is 3.48. The Labute approximate surface area is 114 Å². The lowest BCUT2D eigenvalue weighted by Gasteiger charge is -2.21. The molecule has 1 rings (SSSR count). The number of methoxy groups -OCH3 is 1. The van der Waals surface area contributed by atoms with Crippen LogP contribution in [-0.2, 0) is 5.41 Å². The Morgan fingerprint density at radius 2 is 2.00 bits per heavy atom. The zero-order valence-corrected chi connectivity index (χ0v) is 12.5. The number of hydrogen-bond acceptors (Lipinski definition) is 2. The summed E-state index contributed by atoms with van der Waals surface area (Å²) in [5, 5.41) is -0.492. The van der Waals surface area contributed by atoms with E-state index in [0.717, 1.165) is 5.56 Å². The van der Waals surface area contributed by atoms with Crippen LogP contribution in [0.15, 0.2) is 18.2 Å². The second-order valence-electron chi connectivity index (χ2n) is 5.41. The Bertz CT molecular complexity index is 433. The maximum Gasteiger partial charge on any atom is 0.184 e. The second-order valence-corrected chi connectivity index (χ2v) is 5.93. The molecule has 1 unspecified atom stereocenters. The van der Waals surface area contributed by atoms with Gasteiger partial charge in [0, 0.05) is 0 Å². The Balaban J connectivity index is 3.27. The minimum Gasteiger partial charge on any atom is -0.496 e. The molecule has 0 aliphatic carbocycles. The van der Waals surface area contributed by atoms with E-state index in [2.05, 4.69) is 20.8 Å². The maximum atomic E-state index is 12.2. The van der Waals surface area contributed by atoms with E-state index in [1.165, 1.54) is 0 Å². The molecule has 0 fully saturated rings. The average molecular weight is 269 g/mol. The van der Waals surface area contributed by atoms with Crippen molar-refractivity contribution in [3.8, 4) is 5.75 Å². The van der Waals surface area contributed by atoms with Gasteiger partial charge in [-0.25, -0.2) is 0 Å². The number of ketones is 1. The minimum absolute atomic E-state index is 0.00464. The highest BCUT2D eigenvalue weighted by atomic mass is 35.5. The summed E-state index contributed by atoms with van der Waals surface area (Å²) < 4.78 is 5.25. The molecular weight excluding hydrogens is 248 g/mol. The number of carbonyl (C=O) groups excluding carboxylic acids is 1. The van der Waals surface area contributed by atoms with E-state index >= 15 is 0 Å². The lowest BCUT2D eigenvalue weighted by atomic mass is 9.85. The Morgan fingerprint density at radius 3 is 2.44 bits per heavy atom. The van der Waals surface area contributed by atoms with E-state index in [4.69, 9.17) is 16.3 Å². The molecule has 2 nitrogen and oxygen atoms in total. The van der Waals surface area contributed by atoms with Gasteiger partial charge in [-0.2, -0.15) is 0 Å². The predicted molar refractivity (Wildman–Crippen MR) is 76.0 cm³/mol. The van der Waals surface area contributed by atoms with Crippen LogP contribution in [0.25, 0.3) is 0 Å². The Hall–Kier alpha value is -1.02. The molecule has 0 aliphatic rings. The standard InChI is InChI=1S/C15H21ClO2/c1-6-12(16)14(17)11-9-10(15(2,3)4)7-8-13(11)18-5/h7-9,12H,6H2,1-5H3. The molecule has 0 heterocycles. The van der Waals surface area contributed by atoms with Crippen molar-refractivity contribution >= 4 is 17.4 Å². The van der Waals surface area contributed by atoms with E-state index < -0.39 is 5.38 Å². The molecule has 0 radical (unpaired) electrons. The maximum absolute atomic E-state index is 12.2. The zero-order chi connectivity index (χ0) is 13.9. The molecule has 0 aromatic heterocycles. The van der Waals surface area contributed by atoms with Crippen LogP contribution in [0.4, 0.5) is 0 Å². The monoisotopic (exact) mass is 268 g/mol. The van der Waals surface area contributed by atoms with Gasteiger partial charge in [-0.05, 0) is 29.5 Å². The lowest BCUT2D eigenvalue weighted by molar-refractivity contribution is 0.0982. The van der Waals surface area contributed by atoms with Gasteiger partial charge in [0.05, 0.1) is 18.1 Å². The van der Waals surface area contributed by atoms with Crippen molar-refractivity contribution in [2.45, 2.75) is 44.9 Å². The van der Waals surface area contributed by atoms with Crippen LogP contribution < -0.4 is 4.74 Å². The molecule has 0 saturated heterocycles. The molecule has 1 aromatic carbocycles. The van der Waals surface area contributed by atoms with Gasteiger partial charge in [-0.3, -0.25) is 4.79 Å². The topological polar surface area (TPSA) is 26.3 Å². The SMILES string of the molecule is CCC(Cl)C(=O)c1cc(C(C)(C)C)ccc1OC. The molecule has 0 N–H and O–H groups in total. The molecule has 0 spiro atoms. The van der Waals surface area contributed by atoms with Crippen molar-refractivity contribution in [2.24, 2.45) is 0 Å². The quantitative estimate of drug-likeness (QED) is 0.604. The summed E-state index contributed by atoms with van der Waals surface area (Å²) in [6.45, 7) is 8.23. The highest BCUT2D eigenvalue weighted by molar-refractivity contribution is 6.34. The van der Waals surface area contributed by atoms with Crippen LogP contribution in [0.2, 0.25) is 0 Å². The van der Waals surface area contributed by atoms with Crippen molar-refractivity contribution in [1.29, 1.82) is 0 Å². The van der Waals surface area contributed by atoms with Crippen LogP contribution in [0.1, 0.15) is 50.0 Å². The lowest BCUT2D eigenvalue weighted by Crippen LogP contribution is -2.17. The van der Waals surface area contributed by atoms with E-state index in [-0.39, 0.29) is 11.2 Å². The molecule has 0 bridgehead atoms. The van der Waals surface area contributed by atoms with E-state index in [9.17, 15) is 4.79 Å². The Morgan fingerprint density at radius 1 is 1.39 bits per heavy atom. The number of carbonyl (C=O) groups is 1. The first-order valence-corrected chi connectivity index (χ1v) is 6.61. The van der Waals surface area contributed by atoms with E-state index in [0.29, 0.717) is 17.7 Å². The fourth-order valence-electron chi connectivity index (χ4n) is 1.72.